The Labute approximate surface area is 204 Å². The number of fused-ring (bicyclic) bond motifs is 2. The SMILES string of the molecule is CCCCCCCCCCCCn1c(=O)c2ccc3sc4ccccc4c4ccc(c1=O)c2c34. The van der Waals surface area contributed by atoms with Crippen molar-refractivity contribution in [3.63, 3.8) is 0 Å². The lowest BCUT2D eigenvalue weighted by Crippen LogP contribution is -2.33. The molecule has 0 saturated heterocycles. The van der Waals surface area contributed by atoms with Crippen LogP contribution in [0.2, 0.25) is 0 Å². The highest BCUT2D eigenvalue weighted by Gasteiger charge is 2.17. The molecule has 2 heterocycles. The Bertz CT molecular complexity index is 1510. The van der Waals surface area contributed by atoms with Crippen LogP contribution in [0.25, 0.3) is 41.7 Å². The lowest BCUT2D eigenvalue weighted by atomic mass is 9.97. The highest BCUT2D eigenvalue weighted by Crippen LogP contribution is 2.39. The summed E-state index contributed by atoms with van der Waals surface area (Å²) in [5, 5.41) is 5.53. The number of nitrogens with zero attached hydrogens (tertiary/aromatic N) is 1. The second-order valence-electron chi connectivity index (χ2n) is 9.56. The lowest BCUT2D eigenvalue weighted by Gasteiger charge is -2.14. The number of unbranched alkanes of at least 4 members (excludes halogenated alkanes) is 9. The Morgan fingerprint density at radius 3 is 1.88 bits per heavy atom. The van der Waals surface area contributed by atoms with Crippen LogP contribution in [-0.2, 0) is 6.54 Å². The van der Waals surface area contributed by atoms with Crippen molar-refractivity contribution in [2.45, 2.75) is 77.7 Å². The molecule has 176 valence electrons. The van der Waals surface area contributed by atoms with Gasteiger partial charge in [0.1, 0.15) is 0 Å². The first kappa shape index (κ1) is 23.0. The Hall–Kier alpha value is -2.72. The molecule has 3 nitrogen and oxygen atoms in total. The molecule has 5 aromatic rings. The van der Waals surface area contributed by atoms with E-state index in [1.54, 1.807) is 11.3 Å². The van der Waals surface area contributed by atoms with E-state index in [9.17, 15) is 9.59 Å². The molecule has 0 atom stereocenters. The van der Waals surface area contributed by atoms with Crippen molar-refractivity contribution in [2.24, 2.45) is 0 Å². The molecule has 4 heteroatoms. The van der Waals surface area contributed by atoms with Gasteiger partial charge in [-0.25, -0.2) is 0 Å². The zero-order valence-electron chi connectivity index (χ0n) is 20.1. The molecular weight excluding hydrogens is 438 g/mol. The second-order valence-corrected chi connectivity index (χ2v) is 10.6. The van der Waals surface area contributed by atoms with E-state index in [1.165, 1.54) is 66.0 Å². The minimum atomic E-state index is -0.138. The minimum Gasteiger partial charge on any atom is -0.274 e. The van der Waals surface area contributed by atoms with Crippen LogP contribution in [0.15, 0.2) is 58.1 Å². The molecule has 34 heavy (non-hydrogen) atoms. The lowest BCUT2D eigenvalue weighted by molar-refractivity contribution is 0.527. The molecule has 0 bridgehead atoms. The molecular formula is C30H33NO2S. The van der Waals surface area contributed by atoms with Crippen LogP contribution in [0.3, 0.4) is 0 Å². The van der Waals surface area contributed by atoms with E-state index in [2.05, 4.69) is 37.3 Å². The molecule has 2 aromatic heterocycles. The number of benzene rings is 3. The number of rotatable bonds is 11. The third-order valence-corrected chi connectivity index (χ3v) is 8.34. The molecule has 0 amide bonds. The fraction of sp³-hybridized carbons (Fsp3) is 0.400. The fourth-order valence-electron chi connectivity index (χ4n) is 5.37. The molecule has 0 unspecified atom stereocenters. The van der Waals surface area contributed by atoms with Gasteiger partial charge in [0.05, 0.1) is 0 Å². The van der Waals surface area contributed by atoms with Crippen LogP contribution >= 0.6 is 11.3 Å². The molecule has 0 fully saturated rings. The molecule has 0 saturated carbocycles. The number of hydrogen-bond donors (Lipinski definition) is 0. The van der Waals surface area contributed by atoms with E-state index in [0.717, 1.165) is 33.7 Å². The topological polar surface area (TPSA) is 39.1 Å². The van der Waals surface area contributed by atoms with Gasteiger partial charge >= 0.3 is 0 Å². The molecule has 0 N–H and O–H groups in total. The maximum Gasteiger partial charge on any atom is 0.261 e. The Kier molecular flexibility index (Phi) is 6.96. The zero-order valence-corrected chi connectivity index (χ0v) is 20.9. The van der Waals surface area contributed by atoms with Crippen LogP contribution in [0.5, 0.6) is 0 Å². The first-order chi connectivity index (χ1) is 16.7. The van der Waals surface area contributed by atoms with Gasteiger partial charge in [-0.2, -0.15) is 0 Å². The van der Waals surface area contributed by atoms with Crippen LogP contribution in [0.1, 0.15) is 71.1 Å². The summed E-state index contributed by atoms with van der Waals surface area (Å²) >= 11 is 1.72. The Morgan fingerprint density at radius 1 is 0.588 bits per heavy atom. The van der Waals surface area contributed by atoms with E-state index < -0.39 is 0 Å². The monoisotopic (exact) mass is 471 g/mol. The van der Waals surface area contributed by atoms with Gasteiger partial charge in [-0.3, -0.25) is 14.2 Å². The van der Waals surface area contributed by atoms with Gasteiger partial charge in [-0.1, -0.05) is 89.0 Å². The molecule has 3 aromatic carbocycles. The summed E-state index contributed by atoms with van der Waals surface area (Å²) in [7, 11) is 0. The number of pyridine rings is 1. The molecule has 0 aliphatic carbocycles. The largest absolute Gasteiger partial charge is 0.274 e. The van der Waals surface area contributed by atoms with Crippen molar-refractivity contribution in [1.82, 2.24) is 4.57 Å². The van der Waals surface area contributed by atoms with Crippen molar-refractivity contribution in [1.29, 1.82) is 0 Å². The summed E-state index contributed by atoms with van der Waals surface area (Å²) in [6.07, 6.45) is 12.4. The molecule has 0 aliphatic heterocycles. The van der Waals surface area contributed by atoms with Gasteiger partial charge in [0.15, 0.2) is 0 Å². The van der Waals surface area contributed by atoms with E-state index in [1.807, 2.05) is 18.2 Å². The first-order valence-corrected chi connectivity index (χ1v) is 13.8. The molecule has 0 radical (unpaired) electrons. The number of aromatic nitrogens is 1. The van der Waals surface area contributed by atoms with Gasteiger partial charge in [-0.05, 0) is 41.5 Å². The van der Waals surface area contributed by atoms with Crippen molar-refractivity contribution in [2.75, 3.05) is 0 Å². The van der Waals surface area contributed by atoms with Crippen molar-refractivity contribution in [3.05, 3.63) is 69.2 Å². The second kappa shape index (κ2) is 10.3. The van der Waals surface area contributed by atoms with Crippen molar-refractivity contribution in [3.8, 4) is 0 Å². The van der Waals surface area contributed by atoms with E-state index in [0.29, 0.717) is 17.3 Å². The van der Waals surface area contributed by atoms with Crippen LogP contribution in [0, 0.1) is 0 Å². The smallest absolute Gasteiger partial charge is 0.261 e. The van der Waals surface area contributed by atoms with E-state index in [-0.39, 0.29) is 11.1 Å². The van der Waals surface area contributed by atoms with Crippen molar-refractivity contribution >= 4 is 53.1 Å². The van der Waals surface area contributed by atoms with E-state index >= 15 is 0 Å². The summed E-state index contributed by atoms with van der Waals surface area (Å²) in [4.78, 5) is 26.8. The normalized spacial score (nSPS) is 12.0. The Balaban J connectivity index is 1.38. The fourth-order valence-corrected chi connectivity index (χ4v) is 6.49. The van der Waals surface area contributed by atoms with Gasteiger partial charge in [0, 0.05) is 37.5 Å². The summed E-state index contributed by atoms with van der Waals surface area (Å²) in [6.45, 7) is 2.76. The summed E-state index contributed by atoms with van der Waals surface area (Å²) in [5.41, 5.74) is -0.276. The molecule has 0 aliphatic rings. The van der Waals surface area contributed by atoms with Crippen molar-refractivity contribution < 1.29 is 0 Å². The Morgan fingerprint density at radius 2 is 1.18 bits per heavy atom. The van der Waals surface area contributed by atoms with Crippen LogP contribution in [0.4, 0.5) is 0 Å². The van der Waals surface area contributed by atoms with Gasteiger partial charge in [0.25, 0.3) is 11.1 Å². The third kappa shape index (κ3) is 4.24. The quantitative estimate of drug-likeness (QED) is 0.110. The standard InChI is InChI=1S/C30H33NO2S/c1-2-3-4-5-6-7-8-9-10-13-20-31-29(32)23-17-16-22-21-14-11-12-15-25(21)34-26-19-18-24(30(31)33)27(23)28(22)26/h11-12,14-19H,2-10,13,20H2,1H3. The van der Waals surface area contributed by atoms with Crippen LogP contribution < -0.4 is 11.1 Å². The van der Waals surface area contributed by atoms with Gasteiger partial charge < -0.3 is 0 Å². The predicted molar refractivity (Wildman–Crippen MR) is 148 cm³/mol. The predicted octanol–water partition coefficient (Wildman–Crippen LogP) is 8.24. The summed E-state index contributed by atoms with van der Waals surface area (Å²) in [5.74, 6) is 0. The number of hydrogen-bond acceptors (Lipinski definition) is 3. The average molecular weight is 472 g/mol. The minimum absolute atomic E-state index is 0.138. The van der Waals surface area contributed by atoms with Gasteiger partial charge in [0.2, 0.25) is 0 Å². The first-order valence-electron chi connectivity index (χ1n) is 12.9. The highest BCUT2D eigenvalue weighted by molar-refractivity contribution is 7.25. The summed E-state index contributed by atoms with van der Waals surface area (Å²) < 4.78 is 3.82. The third-order valence-electron chi connectivity index (χ3n) is 7.21. The molecule has 5 rings (SSSR count). The highest BCUT2D eigenvalue weighted by atomic mass is 32.1. The van der Waals surface area contributed by atoms with Crippen LogP contribution in [-0.4, -0.2) is 4.57 Å². The molecule has 0 spiro atoms. The average Bonchev–Trinajstić information content (AvgIpc) is 2.86. The van der Waals surface area contributed by atoms with Gasteiger partial charge in [-0.15, -0.1) is 11.3 Å². The maximum absolute atomic E-state index is 13.4. The summed E-state index contributed by atoms with van der Waals surface area (Å²) in [6, 6.07) is 16.3. The van der Waals surface area contributed by atoms with E-state index in [4.69, 9.17) is 0 Å². The zero-order chi connectivity index (χ0) is 23.5. The maximum atomic E-state index is 13.4.